The molecule has 3 rings (SSSR count). The molecule has 0 nitrogen and oxygen atoms in total. The summed E-state index contributed by atoms with van der Waals surface area (Å²) in [5, 5.41) is 4.50. The molecule has 0 atom stereocenters. The zero-order valence-electron chi connectivity index (χ0n) is 9.20. The fourth-order valence-electron chi connectivity index (χ4n) is 2.56. The van der Waals surface area contributed by atoms with Crippen LogP contribution in [0.15, 0.2) is 22.9 Å². The standard InChI is InChI=1S/C12H14S2Si/c1-15(2,3)12-8-4-6-13-10(8)11-9(12)5-7-14-11/h4-7,12H,1-3H3. The lowest BCUT2D eigenvalue weighted by Gasteiger charge is -2.25. The van der Waals surface area contributed by atoms with E-state index in [1.54, 1.807) is 20.9 Å². The van der Waals surface area contributed by atoms with Crippen LogP contribution in [0.5, 0.6) is 0 Å². The van der Waals surface area contributed by atoms with Crippen molar-refractivity contribution in [3.8, 4) is 9.75 Å². The summed E-state index contributed by atoms with van der Waals surface area (Å²) in [6, 6.07) is 4.69. The Morgan fingerprint density at radius 2 is 1.40 bits per heavy atom. The molecule has 0 aliphatic heterocycles. The molecule has 15 heavy (non-hydrogen) atoms. The van der Waals surface area contributed by atoms with E-state index in [-0.39, 0.29) is 0 Å². The van der Waals surface area contributed by atoms with Crippen molar-refractivity contribution in [1.82, 2.24) is 0 Å². The lowest BCUT2D eigenvalue weighted by Crippen LogP contribution is -2.30. The molecule has 1 aliphatic carbocycles. The number of hydrogen-bond acceptors (Lipinski definition) is 2. The van der Waals surface area contributed by atoms with Gasteiger partial charge < -0.3 is 0 Å². The van der Waals surface area contributed by atoms with E-state index in [0.29, 0.717) is 0 Å². The van der Waals surface area contributed by atoms with E-state index in [2.05, 4.69) is 42.5 Å². The van der Waals surface area contributed by atoms with Crippen molar-refractivity contribution in [2.24, 2.45) is 0 Å². The van der Waals surface area contributed by atoms with Gasteiger partial charge in [-0.2, -0.15) is 0 Å². The fraction of sp³-hybridized carbons (Fsp3) is 0.333. The molecule has 2 aromatic rings. The van der Waals surface area contributed by atoms with Gasteiger partial charge in [0.1, 0.15) is 0 Å². The third-order valence-corrected chi connectivity index (χ3v) is 7.46. The molecule has 0 fully saturated rings. The maximum atomic E-state index is 2.48. The van der Waals surface area contributed by atoms with Crippen LogP contribution >= 0.6 is 22.7 Å². The zero-order chi connectivity index (χ0) is 10.6. The Hall–Kier alpha value is -0.383. The molecule has 3 heteroatoms. The smallest absolute Gasteiger partial charge is 0.0575 e. The molecule has 0 amide bonds. The quantitative estimate of drug-likeness (QED) is 0.638. The maximum absolute atomic E-state index is 2.48. The summed E-state index contributed by atoms with van der Waals surface area (Å²) >= 11 is 3.82. The number of fused-ring (bicyclic) bond motifs is 3. The Labute approximate surface area is 99.6 Å². The van der Waals surface area contributed by atoms with E-state index in [4.69, 9.17) is 0 Å². The van der Waals surface area contributed by atoms with Crippen molar-refractivity contribution in [2.45, 2.75) is 25.2 Å². The second-order valence-electron chi connectivity index (χ2n) is 5.21. The molecule has 0 saturated carbocycles. The highest BCUT2D eigenvalue weighted by Gasteiger charge is 2.39. The Morgan fingerprint density at radius 1 is 0.933 bits per heavy atom. The molecule has 0 spiro atoms. The van der Waals surface area contributed by atoms with Crippen LogP contribution < -0.4 is 0 Å². The molecular weight excluding hydrogens is 236 g/mol. The van der Waals surface area contributed by atoms with Gasteiger partial charge in [0, 0.05) is 15.3 Å². The monoisotopic (exact) mass is 250 g/mol. The molecule has 0 aromatic carbocycles. The van der Waals surface area contributed by atoms with Crippen LogP contribution in [0.3, 0.4) is 0 Å². The molecule has 78 valence electrons. The van der Waals surface area contributed by atoms with Gasteiger partial charge in [-0.15, -0.1) is 22.7 Å². The highest BCUT2D eigenvalue weighted by molar-refractivity contribution is 7.21. The van der Waals surface area contributed by atoms with Gasteiger partial charge in [-0.25, -0.2) is 0 Å². The van der Waals surface area contributed by atoms with Gasteiger partial charge >= 0.3 is 0 Å². The Kier molecular flexibility index (Phi) is 2.00. The lowest BCUT2D eigenvalue weighted by atomic mass is 10.2. The van der Waals surface area contributed by atoms with Crippen molar-refractivity contribution < 1.29 is 0 Å². The van der Waals surface area contributed by atoms with Crippen LogP contribution in [0.1, 0.15) is 16.7 Å². The van der Waals surface area contributed by atoms with Gasteiger partial charge in [0.05, 0.1) is 8.07 Å². The number of hydrogen-bond donors (Lipinski definition) is 0. The van der Waals surface area contributed by atoms with Gasteiger partial charge in [-0.3, -0.25) is 0 Å². The molecule has 0 bridgehead atoms. The second kappa shape index (κ2) is 3.06. The van der Waals surface area contributed by atoms with Crippen LogP contribution in [0.4, 0.5) is 0 Å². The largest absolute Gasteiger partial charge is 0.143 e. The first-order valence-corrected chi connectivity index (χ1v) is 10.6. The Balaban J connectivity index is 2.28. The van der Waals surface area contributed by atoms with Crippen molar-refractivity contribution >= 4 is 30.7 Å². The molecule has 1 aliphatic rings. The Bertz CT molecular complexity index is 461. The van der Waals surface area contributed by atoms with Gasteiger partial charge in [-0.05, 0) is 34.0 Å². The molecule has 0 saturated heterocycles. The first-order valence-electron chi connectivity index (χ1n) is 5.24. The molecule has 2 aromatic heterocycles. The summed E-state index contributed by atoms with van der Waals surface area (Å²) in [6.07, 6.45) is 0. The van der Waals surface area contributed by atoms with Gasteiger partial charge in [0.25, 0.3) is 0 Å². The third kappa shape index (κ3) is 1.30. The molecule has 0 N–H and O–H groups in total. The minimum Gasteiger partial charge on any atom is -0.143 e. The van der Waals surface area contributed by atoms with Crippen LogP contribution in [0.25, 0.3) is 9.75 Å². The molecule has 2 heterocycles. The van der Waals surface area contributed by atoms with E-state index < -0.39 is 8.07 Å². The van der Waals surface area contributed by atoms with Crippen LogP contribution in [-0.2, 0) is 0 Å². The van der Waals surface area contributed by atoms with Crippen molar-refractivity contribution in [3.63, 3.8) is 0 Å². The predicted octanol–water partition coefficient (Wildman–Crippen LogP) is 4.80. The van der Waals surface area contributed by atoms with E-state index in [0.717, 1.165) is 5.54 Å². The minimum atomic E-state index is -1.14. The van der Waals surface area contributed by atoms with Crippen LogP contribution in [0, 0.1) is 0 Å². The van der Waals surface area contributed by atoms with E-state index >= 15 is 0 Å². The summed E-state index contributed by atoms with van der Waals surface area (Å²) in [6.45, 7) is 7.43. The number of thiophene rings is 2. The molecule has 0 radical (unpaired) electrons. The Morgan fingerprint density at radius 3 is 1.80 bits per heavy atom. The van der Waals surface area contributed by atoms with E-state index in [1.807, 2.05) is 22.7 Å². The summed E-state index contributed by atoms with van der Waals surface area (Å²) in [5.74, 6) is 0. The second-order valence-corrected chi connectivity index (χ2v) is 12.4. The van der Waals surface area contributed by atoms with Gasteiger partial charge in [0.2, 0.25) is 0 Å². The van der Waals surface area contributed by atoms with Gasteiger partial charge in [-0.1, -0.05) is 19.6 Å². The topological polar surface area (TPSA) is 0 Å². The fourth-order valence-corrected chi connectivity index (χ4v) is 7.20. The summed E-state index contributed by atoms with van der Waals surface area (Å²) in [5.41, 5.74) is 3.96. The summed E-state index contributed by atoms with van der Waals surface area (Å²) in [4.78, 5) is 3.10. The van der Waals surface area contributed by atoms with E-state index in [9.17, 15) is 0 Å². The highest BCUT2D eigenvalue weighted by Crippen LogP contribution is 2.53. The van der Waals surface area contributed by atoms with Crippen molar-refractivity contribution in [3.05, 3.63) is 34.0 Å². The normalized spacial score (nSPS) is 15.4. The van der Waals surface area contributed by atoms with Gasteiger partial charge in [0.15, 0.2) is 0 Å². The average Bonchev–Trinajstić information content (AvgIpc) is 2.67. The summed E-state index contributed by atoms with van der Waals surface area (Å²) < 4.78 is 0. The van der Waals surface area contributed by atoms with Crippen LogP contribution in [0.2, 0.25) is 19.6 Å². The third-order valence-electron chi connectivity index (χ3n) is 3.09. The zero-order valence-corrected chi connectivity index (χ0v) is 11.8. The van der Waals surface area contributed by atoms with Crippen molar-refractivity contribution in [2.75, 3.05) is 0 Å². The van der Waals surface area contributed by atoms with E-state index in [1.165, 1.54) is 0 Å². The molecule has 0 unspecified atom stereocenters. The van der Waals surface area contributed by atoms with Crippen LogP contribution in [-0.4, -0.2) is 8.07 Å². The first-order chi connectivity index (χ1) is 7.09. The minimum absolute atomic E-state index is 0.736. The molecular formula is C12H14S2Si. The predicted molar refractivity (Wildman–Crippen MR) is 72.8 cm³/mol. The highest BCUT2D eigenvalue weighted by atomic mass is 32.1. The summed E-state index contributed by atoms with van der Waals surface area (Å²) in [7, 11) is -1.14. The van der Waals surface area contributed by atoms with Crippen molar-refractivity contribution in [1.29, 1.82) is 0 Å². The lowest BCUT2D eigenvalue weighted by molar-refractivity contribution is 1.13. The maximum Gasteiger partial charge on any atom is 0.0575 e. The number of rotatable bonds is 1. The average molecular weight is 250 g/mol. The SMILES string of the molecule is C[Si](C)(C)C1c2ccsc2-c2sccc21. The first kappa shape index (κ1) is 9.82.